The first kappa shape index (κ1) is 11.5. The lowest BCUT2D eigenvalue weighted by Gasteiger charge is -2.25. The molecule has 0 radical (unpaired) electrons. The van der Waals surface area contributed by atoms with Crippen molar-refractivity contribution < 1.29 is 14.3 Å². The van der Waals surface area contributed by atoms with E-state index in [1.807, 2.05) is 0 Å². The molecule has 1 unspecified atom stereocenters. The van der Waals surface area contributed by atoms with Crippen LogP contribution in [-0.4, -0.2) is 30.7 Å². The number of carboxylic acids is 1. The van der Waals surface area contributed by atoms with E-state index in [9.17, 15) is 9.18 Å². The standard InChI is InChI=1S/C10H13FN2O2/c1-13(9(6-12)10(14)15)8-4-2-3-7(11)5-8/h2-5,9H,6,12H2,1H3,(H,14,15). The molecule has 1 aromatic carbocycles. The number of hydrogen-bond donors (Lipinski definition) is 2. The van der Waals surface area contributed by atoms with E-state index in [-0.39, 0.29) is 6.54 Å². The van der Waals surface area contributed by atoms with Crippen LogP contribution in [0.4, 0.5) is 10.1 Å². The first-order chi connectivity index (χ1) is 7.06. The zero-order valence-corrected chi connectivity index (χ0v) is 8.35. The van der Waals surface area contributed by atoms with Gasteiger partial charge in [-0.15, -0.1) is 0 Å². The number of carboxylic acid groups (broad SMARTS) is 1. The van der Waals surface area contributed by atoms with Crippen molar-refractivity contribution >= 4 is 11.7 Å². The van der Waals surface area contributed by atoms with Gasteiger partial charge < -0.3 is 15.7 Å². The molecule has 82 valence electrons. The zero-order valence-electron chi connectivity index (χ0n) is 8.35. The molecular weight excluding hydrogens is 199 g/mol. The van der Waals surface area contributed by atoms with Crippen LogP contribution in [-0.2, 0) is 4.79 Å². The lowest BCUT2D eigenvalue weighted by atomic mass is 10.2. The highest BCUT2D eigenvalue weighted by atomic mass is 19.1. The van der Waals surface area contributed by atoms with Gasteiger partial charge in [-0.25, -0.2) is 9.18 Å². The van der Waals surface area contributed by atoms with Gasteiger partial charge in [-0.3, -0.25) is 0 Å². The van der Waals surface area contributed by atoms with E-state index in [1.165, 1.54) is 23.1 Å². The van der Waals surface area contributed by atoms with Crippen LogP contribution in [0.1, 0.15) is 0 Å². The summed E-state index contributed by atoms with van der Waals surface area (Å²) in [5.74, 6) is -1.43. The van der Waals surface area contributed by atoms with Crippen LogP contribution in [0, 0.1) is 5.82 Å². The Hall–Kier alpha value is -1.62. The van der Waals surface area contributed by atoms with Crippen molar-refractivity contribution in [2.75, 3.05) is 18.5 Å². The Morgan fingerprint density at radius 1 is 1.67 bits per heavy atom. The predicted octanol–water partition coefficient (Wildman–Crippen LogP) is 0.674. The third-order valence-electron chi connectivity index (χ3n) is 2.19. The molecule has 0 aliphatic heterocycles. The minimum absolute atomic E-state index is 0.0254. The van der Waals surface area contributed by atoms with Crippen LogP contribution >= 0.6 is 0 Å². The van der Waals surface area contributed by atoms with Crippen LogP contribution in [0.2, 0.25) is 0 Å². The number of nitrogens with zero attached hydrogens (tertiary/aromatic N) is 1. The second kappa shape index (κ2) is 4.75. The van der Waals surface area contributed by atoms with Crippen LogP contribution in [0.15, 0.2) is 24.3 Å². The minimum Gasteiger partial charge on any atom is -0.480 e. The largest absolute Gasteiger partial charge is 0.480 e. The molecule has 0 heterocycles. The summed E-state index contributed by atoms with van der Waals surface area (Å²) in [5.41, 5.74) is 5.83. The van der Waals surface area contributed by atoms with Gasteiger partial charge in [-0.05, 0) is 18.2 Å². The Kier molecular flexibility index (Phi) is 3.62. The average Bonchev–Trinajstić information content (AvgIpc) is 2.18. The normalized spacial score (nSPS) is 12.2. The summed E-state index contributed by atoms with van der Waals surface area (Å²) in [6, 6.07) is 4.89. The Morgan fingerprint density at radius 2 is 2.33 bits per heavy atom. The number of nitrogens with two attached hydrogens (primary N) is 1. The molecule has 0 fully saturated rings. The molecule has 0 bridgehead atoms. The van der Waals surface area contributed by atoms with Crippen LogP contribution in [0.5, 0.6) is 0 Å². The second-order valence-electron chi connectivity index (χ2n) is 3.18. The molecule has 0 aliphatic carbocycles. The molecule has 1 atom stereocenters. The van der Waals surface area contributed by atoms with E-state index in [1.54, 1.807) is 13.1 Å². The van der Waals surface area contributed by atoms with Crippen LogP contribution in [0.3, 0.4) is 0 Å². The Morgan fingerprint density at radius 3 is 2.80 bits per heavy atom. The van der Waals surface area contributed by atoms with E-state index < -0.39 is 17.8 Å². The molecule has 0 amide bonds. The van der Waals surface area contributed by atoms with E-state index in [0.717, 1.165) is 0 Å². The van der Waals surface area contributed by atoms with Crippen molar-refractivity contribution in [1.82, 2.24) is 0 Å². The smallest absolute Gasteiger partial charge is 0.327 e. The zero-order chi connectivity index (χ0) is 11.4. The summed E-state index contributed by atoms with van der Waals surface area (Å²) in [4.78, 5) is 12.3. The number of carbonyl (C=O) groups is 1. The maximum atomic E-state index is 12.9. The fourth-order valence-corrected chi connectivity index (χ4v) is 1.30. The van der Waals surface area contributed by atoms with E-state index in [2.05, 4.69) is 0 Å². The Bertz CT molecular complexity index is 357. The third-order valence-corrected chi connectivity index (χ3v) is 2.19. The third kappa shape index (κ3) is 2.66. The molecule has 0 spiro atoms. The van der Waals surface area contributed by atoms with Gasteiger partial charge in [0.2, 0.25) is 0 Å². The monoisotopic (exact) mass is 212 g/mol. The molecule has 15 heavy (non-hydrogen) atoms. The SMILES string of the molecule is CN(c1cccc(F)c1)C(CN)C(=O)O. The summed E-state index contributed by atoms with van der Waals surface area (Å²) in [6.07, 6.45) is 0. The predicted molar refractivity (Wildman–Crippen MR) is 55.3 cm³/mol. The summed E-state index contributed by atoms with van der Waals surface area (Å²) >= 11 is 0. The van der Waals surface area contributed by atoms with Gasteiger partial charge in [0, 0.05) is 19.3 Å². The van der Waals surface area contributed by atoms with Gasteiger partial charge in [0.25, 0.3) is 0 Å². The first-order valence-corrected chi connectivity index (χ1v) is 4.47. The topological polar surface area (TPSA) is 66.6 Å². The van der Waals surface area contributed by atoms with Gasteiger partial charge in [-0.1, -0.05) is 6.07 Å². The van der Waals surface area contributed by atoms with Crippen LogP contribution in [0.25, 0.3) is 0 Å². The van der Waals surface area contributed by atoms with Gasteiger partial charge in [0.15, 0.2) is 0 Å². The molecule has 0 aliphatic rings. The molecule has 4 nitrogen and oxygen atoms in total. The lowest BCUT2D eigenvalue weighted by Crippen LogP contribution is -2.44. The molecule has 1 aromatic rings. The number of benzene rings is 1. The number of hydrogen-bond acceptors (Lipinski definition) is 3. The molecule has 3 N–H and O–H groups in total. The summed E-state index contributed by atoms with van der Waals surface area (Å²) in [7, 11) is 1.57. The maximum absolute atomic E-state index is 12.9. The number of aliphatic carboxylic acids is 1. The second-order valence-corrected chi connectivity index (χ2v) is 3.18. The van der Waals surface area contributed by atoms with E-state index >= 15 is 0 Å². The molecule has 0 saturated carbocycles. The van der Waals surface area contributed by atoms with Crippen molar-refractivity contribution in [2.45, 2.75) is 6.04 Å². The molecule has 1 rings (SSSR count). The van der Waals surface area contributed by atoms with Crippen molar-refractivity contribution in [3.05, 3.63) is 30.1 Å². The maximum Gasteiger partial charge on any atom is 0.327 e. The number of likely N-dealkylation sites (N-methyl/N-ethyl adjacent to an activating group) is 1. The fraction of sp³-hybridized carbons (Fsp3) is 0.300. The van der Waals surface area contributed by atoms with Crippen molar-refractivity contribution in [3.8, 4) is 0 Å². The summed E-state index contributed by atoms with van der Waals surface area (Å²) in [5, 5.41) is 8.86. The average molecular weight is 212 g/mol. The summed E-state index contributed by atoms with van der Waals surface area (Å²) < 4.78 is 12.9. The van der Waals surface area contributed by atoms with Crippen LogP contribution < -0.4 is 10.6 Å². The fourth-order valence-electron chi connectivity index (χ4n) is 1.30. The first-order valence-electron chi connectivity index (χ1n) is 4.47. The highest BCUT2D eigenvalue weighted by molar-refractivity contribution is 5.78. The van der Waals surface area contributed by atoms with Gasteiger partial charge >= 0.3 is 5.97 Å². The van der Waals surface area contributed by atoms with E-state index in [4.69, 9.17) is 10.8 Å². The Labute approximate surface area is 87.1 Å². The Balaban J connectivity index is 2.92. The quantitative estimate of drug-likeness (QED) is 0.770. The minimum atomic E-state index is -1.02. The molecule has 5 heteroatoms. The highest BCUT2D eigenvalue weighted by Crippen LogP contribution is 2.16. The van der Waals surface area contributed by atoms with Crippen molar-refractivity contribution in [1.29, 1.82) is 0 Å². The van der Waals surface area contributed by atoms with Crippen molar-refractivity contribution in [2.24, 2.45) is 5.73 Å². The van der Waals surface area contributed by atoms with Crippen molar-refractivity contribution in [3.63, 3.8) is 0 Å². The number of rotatable bonds is 4. The van der Waals surface area contributed by atoms with Gasteiger partial charge in [0.05, 0.1) is 0 Å². The van der Waals surface area contributed by atoms with Gasteiger partial charge in [0.1, 0.15) is 11.9 Å². The number of halogens is 1. The highest BCUT2D eigenvalue weighted by Gasteiger charge is 2.21. The van der Waals surface area contributed by atoms with E-state index in [0.29, 0.717) is 5.69 Å². The van der Waals surface area contributed by atoms with Gasteiger partial charge in [-0.2, -0.15) is 0 Å². The molecular formula is C10H13FN2O2. The lowest BCUT2D eigenvalue weighted by molar-refractivity contribution is -0.138. The molecule has 0 aromatic heterocycles. The summed E-state index contributed by atoms with van der Waals surface area (Å²) in [6.45, 7) is -0.0254. The molecule has 0 saturated heterocycles. The number of anilines is 1.